The number of ether oxygens (including phenoxy) is 1. The first-order valence-electron chi connectivity index (χ1n) is 13.4. The van der Waals surface area contributed by atoms with Gasteiger partial charge in [-0.1, -0.05) is 67.4 Å². The quantitative estimate of drug-likeness (QED) is 0.317. The summed E-state index contributed by atoms with van der Waals surface area (Å²) in [6.07, 6.45) is 1.79. The lowest BCUT2D eigenvalue weighted by Crippen LogP contribution is -2.42. The molecule has 1 atom stereocenters. The molecule has 1 unspecified atom stereocenters. The van der Waals surface area contributed by atoms with Crippen molar-refractivity contribution in [2.45, 2.75) is 39.2 Å². The van der Waals surface area contributed by atoms with E-state index < -0.39 is 6.04 Å². The van der Waals surface area contributed by atoms with Crippen molar-refractivity contribution < 1.29 is 14.3 Å². The third kappa shape index (κ3) is 5.98. The molecule has 0 bridgehead atoms. The molecule has 3 aromatic carbocycles. The molecule has 0 spiro atoms. The summed E-state index contributed by atoms with van der Waals surface area (Å²) in [5.74, 6) is 0.695. The van der Waals surface area contributed by atoms with Gasteiger partial charge in [0.15, 0.2) is 5.78 Å². The number of benzene rings is 3. The maximum atomic E-state index is 13.8. The molecular weight excluding hydrogens is 545 g/mol. The molecule has 0 saturated heterocycles. The van der Waals surface area contributed by atoms with E-state index >= 15 is 0 Å². The molecule has 1 aliphatic heterocycles. The van der Waals surface area contributed by atoms with E-state index in [0.717, 1.165) is 33.9 Å². The van der Waals surface area contributed by atoms with Gasteiger partial charge in [-0.05, 0) is 65.8 Å². The molecule has 0 radical (unpaired) electrons. The zero-order chi connectivity index (χ0) is 28.4. The lowest BCUT2D eigenvalue weighted by molar-refractivity contribution is -0.120. The van der Waals surface area contributed by atoms with E-state index in [2.05, 4.69) is 24.5 Å². The van der Waals surface area contributed by atoms with Crippen LogP contribution in [0.1, 0.15) is 43.9 Å². The van der Waals surface area contributed by atoms with Crippen molar-refractivity contribution in [1.82, 2.24) is 5.32 Å². The van der Waals surface area contributed by atoms with Crippen LogP contribution in [0.25, 0.3) is 0 Å². The Hall–Kier alpha value is -3.48. The first kappa shape index (κ1) is 28.1. The summed E-state index contributed by atoms with van der Waals surface area (Å²) in [7, 11) is 1.64. The van der Waals surface area contributed by atoms with E-state index in [9.17, 15) is 9.59 Å². The molecule has 2 aliphatic rings. The molecule has 5 rings (SSSR count). The number of amides is 1. The maximum absolute atomic E-state index is 13.8. The fourth-order valence-electron chi connectivity index (χ4n) is 5.62. The fraction of sp³-hybridized carbons (Fsp3) is 0.312. The van der Waals surface area contributed by atoms with Crippen LogP contribution in [0.4, 0.5) is 11.4 Å². The van der Waals surface area contributed by atoms with Gasteiger partial charge in [-0.2, -0.15) is 0 Å². The third-order valence-corrected chi connectivity index (χ3v) is 8.03. The number of Topliss-reactive ketones (excluding diaryl/α,β-unsaturated/α-hetero) is 1. The number of methoxy groups -OCH3 is 1. The van der Waals surface area contributed by atoms with E-state index in [1.807, 2.05) is 59.5 Å². The van der Waals surface area contributed by atoms with Crippen molar-refractivity contribution in [1.29, 1.82) is 0 Å². The van der Waals surface area contributed by atoms with Crippen molar-refractivity contribution in [3.63, 3.8) is 0 Å². The monoisotopic (exact) mass is 577 g/mol. The number of nitrogens with one attached hydrogen (secondary N) is 2. The number of fused-ring (bicyclic) bond motifs is 1. The van der Waals surface area contributed by atoms with E-state index in [0.29, 0.717) is 41.4 Å². The first-order chi connectivity index (χ1) is 19.1. The molecule has 8 heteroatoms. The van der Waals surface area contributed by atoms with E-state index in [1.165, 1.54) is 0 Å². The Balaban J connectivity index is 1.50. The van der Waals surface area contributed by atoms with Crippen LogP contribution in [-0.2, 0) is 16.0 Å². The zero-order valence-electron chi connectivity index (χ0n) is 22.9. The summed E-state index contributed by atoms with van der Waals surface area (Å²) >= 11 is 13.0. The smallest absolute Gasteiger partial charge is 0.239 e. The van der Waals surface area contributed by atoms with Gasteiger partial charge >= 0.3 is 0 Å². The van der Waals surface area contributed by atoms with E-state index in [4.69, 9.17) is 27.9 Å². The molecule has 40 heavy (non-hydrogen) atoms. The van der Waals surface area contributed by atoms with Crippen molar-refractivity contribution in [2.24, 2.45) is 5.41 Å². The molecule has 1 heterocycles. The molecule has 6 nitrogen and oxygen atoms in total. The van der Waals surface area contributed by atoms with E-state index in [-0.39, 0.29) is 23.7 Å². The number of hydrogen-bond donors (Lipinski definition) is 2. The van der Waals surface area contributed by atoms with Gasteiger partial charge in [0.25, 0.3) is 0 Å². The highest BCUT2D eigenvalue weighted by molar-refractivity contribution is 6.35. The minimum absolute atomic E-state index is 0.0401. The molecule has 3 aromatic rings. The zero-order valence-corrected chi connectivity index (χ0v) is 24.4. The fourth-order valence-corrected chi connectivity index (χ4v) is 6.13. The van der Waals surface area contributed by atoms with Crippen LogP contribution in [0.2, 0.25) is 10.0 Å². The lowest BCUT2D eigenvalue weighted by Gasteiger charge is -2.38. The number of rotatable bonds is 7. The maximum Gasteiger partial charge on any atom is 0.239 e. The van der Waals surface area contributed by atoms with Gasteiger partial charge in [0, 0.05) is 34.3 Å². The van der Waals surface area contributed by atoms with Gasteiger partial charge in [0.1, 0.15) is 5.75 Å². The van der Waals surface area contributed by atoms with Gasteiger partial charge in [-0.15, -0.1) is 0 Å². The average molecular weight is 579 g/mol. The second-order valence-corrected chi connectivity index (χ2v) is 12.0. The minimum Gasteiger partial charge on any atom is -0.497 e. The number of carbonyl (C=O) groups excluding carboxylic acids is 2. The van der Waals surface area contributed by atoms with Crippen LogP contribution < -0.4 is 20.3 Å². The highest BCUT2D eigenvalue weighted by Crippen LogP contribution is 2.49. The standard InChI is InChI=1S/C32H33Cl2N3O3/c1-32(2)17-26-30(28(38)18-32)31(23-13-10-21(33)16-24(23)34)37(27-7-5-4-6-25(27)36-26)19-29(39)35-15-14-20-8-11-22(40-3)12-9-20/h4-13,16,31,36H,14-15,17-19H2,1-3H3,(H,35,39). The second kappa shape index (κ2) is 11.6. The van der Waals surface area contributed by atoms with Gasteiger partial charge in [-0.25, -0.2) is 0 Å². The van der Waals surface area contributed by atoms with Gasteiger partial charge in [0.2, 0.25) is 5.91 Å². The number of carbonyl (C=O) groups is 2. The Labute approximate surface area is 245 Å². The molecule has 1 amide bonds. The number of hydrogen-bond acceptors (Lipinski definition) is 5. The summed E-state index contributed by atoms with van der Waals surface area (Å²) in [4.78, 5) is 29.2. The summed E-state index contributed by atoms with van der Waals surface area (Å²) < 4.78 is 5.23. The first-order valence-corrected chi connectivity index (χ1v) is 14.1. The molecule has 0 aromatic heterocycles. The number of nitrogens with zero attached hydrogens (tertiary/aromatic N) is 1. The molecular formula is C32H33Cl2N3O3. The van der Waals surface area contributed by atoms with Crippen molar-refractivity contribution in [2.75, 3.05) is 30.4 Å². The Bertz CT molecular complexity index is 1470. The SMILES string of the molecule is COc1ccc(CCNC(=O)CN2c3ccccc3NC3=C(C(=O)CC(C)(C)C3)C2c2ccc(Cl)cc2Cl)cc1. The van der Waals surface area contributed by atoms with Crippen molar-refractivity contribution in [3.8, 4) is 5.75 Å². The summed E-state index contributed by atoms with van der Waals surface area (Å²) in [6.45, 7) is 4.72. The third-order valence-electron chi connectivity index (χ3n) is 7.47. The Morgan fingerprint density at radius 3 is 2.55 bits per heavy atom. The Kier molecular flexibility index (Phi) is 8.11. The van der Waals surface area contributed by atoms with Crippen LogP contribution >= 0.6 is 23.2 Å². The van der Waals surface area contributed by atoms with E-state index in [1.54, 1.807) is 19.2 Å². The normalized spacial score (nSPS) is 17.9. The number of halogens is 2. The molecule has 208 valence electrons. The number of allylic oxidation sites excluding steroid dienone is 1. The Morgan fingerprint density at radius 2 is 1.82 bits per heavy atom. The predicted molar refractivity (Wildman–Crippen MR) is 161 cm³/mol. The second-order valence-electron chi connectivity index (χ2n) is 11.1. The number of ketones is 1. The highest BCUT2D eigenvalue weighted by Gasteiger charge is 2.42. The molecule has 0 saturated carbocycles. The topological polar surface area (TPSA) is 70.7 Å². The molecule has 2 N–H and O–H groups in total. The summed E-state index contributed by atoms with van der Waals surface area (Å²) in [5, 5.41) is 7.58. The number of para-hydroxylation sites is 2. The lowest BCUT2D eigenvalue weighted by atomic mass is 9.73. The predicted octanol–water partition coefficient (Wildman–Crippen LogP) is 6.98. The summed E-state index contributed by atoms with van der Waals surface area (Å²) in [5.41, 5.74) is 4.82. The Morgan fingerprint density at radius 1 is 1.07 bits per heavy atom. The van der Waals surface area contributed by atoms with Crippen LogP contribution in [0.15, 0.2) is 78.0 Å². The molecule has 1 aliphatic carbocycles. The van der Waals surface area contributed by atoms with Crippen LogP contribution in [0.3, 0.4) is 0 Å². The minimum atomic E-state index is -0.563. The largest absolute Gasteiger partial charge is 0.497 e. The summed E-state index contributed by atoms with van der Waals surface area (Å²) in [6, 6.07) is 20.4. The molecule has 0 fully saturated rings. The van der Waals surface area contributed by atoms with Gasteiger partial charge in [-0.3, -0.25) is 9.59 Å². The van der Waals surface area contributed by atoms with Crippen LogP contribution in [-0.4, -0.2) is 31.9 Å². The van der Waals surface area contributed by atoms with Crippen LogP contribution in [0.5, 0.6) is 5.75 Å². The van der Waals surface area contributed by atoms with Gasteiger partial charge < -0.3 is 20.3 Å². The van der Waals surface area contributed by atoms with Crippen molar-refractivity contribution >= 4 is 46.3 Å². The highest BCUT2D eigenvalue weighted by atomic mass is 35.5. The number of anilines is 2. The van der Waals surface area contributed by atoms with Gasteiger partial charge in [0.05, 0.1) is 31.1 Å². The van der Waals surface area contributed by atoms with Crippen LogP contribution in [0, 0.1) is 5.41 Å². The average Bonchev–Trinajstić information content (AvgIpc) is 3.03. The van der Waals surface area contributed by atoms with Crippen molar-refractivity contribution in [3.05, 3.63) is 99.2 Å².